The van der Waals surface area contributed by atoms with Gasteiger partial charge < -0.3 is 16.2 Å². The third-order valence-corrected chi connectivity index (χ3v) is 5.41. The zero-order valence-electron chi connectivity index (χ0n) is 9.48. The number of carboxylic acids is 1. The Hall–Kier alpha value is -0.930. The lowest BCUT2D eigenvalue weighted by Crippen LogP contribution is -2.41. The van der Waals surface area contributed by atoms with E-state index in [-0.39, 0.29) is 12.8 Å². The van der Waals surface area contributed by atoms with Crippen molar-refractivity contribution in [2.24, 2.45) is 5.73 Å². The molecule has 1 rings (SSSR count). The van der Waals surface area contributed by atoms with Crippen molar-refractivity contribution in [3.05, 3.63) is 19.2 Å². The summed E-state index contributed by atoms with van der Waals surface area (Å²) in [7, 11) is 0. The van der Waals surface area contributed by atoms with Crippen LogP contribution in [0.3, 0.4) is 0 Å². The number of primary amides is 1. The fourth-order valence-corrected chi connectivity index (χ4v) is 3.17. The highest BCUT2D eigenvalue weighted by Crippen LogP contribution is 2.32. The van der Waals surface area contributed by atoms with Gasteiger partial charge in [0, 0.05) is 10.9 Å². The van der Waals surface area contributed by atoms with Gasteiger partial charge in [-0.1, -0.05) is 0 Å². The highest BCUT2D eigenvalue weighted by Gasteiger charge is 2.22. The molecule has 0 aliphatic carbocycles. The van der Waals surface area contributed by atoms with Crippen molar-refractivity contribution in [2.45, 2.75) is 18.9 Å². The molecule has 1 atom stereocenters. The summed E-state index contributed by atoms with van der Waals surface area (Å²) in [4.78, 5) is 33.8. The molecular weight excluding hydrogens is 404 g/mol. The van der Waals surface area contributed by atoms with E-state index in [1.807, 2.05) is 0 Å². The number of nitrogens with one attached hydrogen (secondary N) is 1. The molecule has 0 bridgehead atoms. The standard InChI is InChI=1S/C10H10Br2N2O4S/c11-4-3-6(19-8(4)12)9(16)14-5(10(17)18)1-2-7(13)15/h3,5H,1-2H2,(H2,13,15)(H,14,16)(H,17,18)/t5-/m0/s1. The van der Waals surface area contributed by atoms with Crippen molar-refractivity contribution in [1.29, 1.82) is 0 Å². The third kappa shape index (κ3) is 4.92. The van der Waals surface area contributed by atoms with Crippen LogP contribution in [-0.2, 0) is 9.59 Å². The minimum Gasteiger partial charge on any atom is -0.480 e. The van der Waals surface area contributed by atoms with E-state index in [9.17, 15) is 14.4 Å². The number of rotatable bonds is 6. The van der Waals surface area contributed by atoms with Crippen LogP contribution in [0.15, 0.2) is 14.3 Å². The number of halogens is 2. The van der Waals surface area contributed by atoms with Crippen LogP contribution in [0.1, 0.15) is 22.5 Å². The van der Waals surface area contributed by atoms with Gasteiger partial charge in [-0.2, -0.15) is 0 Å². The Balaban J connectivity index is 2.71. The summed E-state index contributed by atoms with van der Waals surface area (Å²) in [6.45, 7) is 0. The predicted molar refractivity (Wildman–Crippen MR) is 77.0 cm³/mol. The fourth-order valence-electron chi connectivity index (χ4n) is 1.23. The number of hydrogen-bond acceptors (Lipinski definition) is 4. The molecule has 1 aromatic rings. The quantitative estimate of drug-likeness (QED) is 0.659. The minimum absolute atomic E-state index is 0.0376. The van der Waals surface area contributed by atoms with Gasteiger partial charge in [-0.25, -0.2) is 4.79 Å². The van der Waals surface area contributed by atoms with E-state index in [1.165, 1.54) is 11.3 Å². The first-order valence-corrected chi connectivity index (χ1v) is 7.48. The van der Waals surface area contributed by atoms with Gasteiger partial charge in [0.1, 0.15) is 6.04 Å². The molecule has 0 saturated carbocycles. The highest BCUT2D eigenvalue weighted by molar-refractivity contribution is 9.13. The average molecular weight is 414 g/mol. The predicted octanol–water partition coefficient (Wildman–Crippen LogP) is 1.72. The number of carbonyl (C=O) groups is 3. The minimum atomic E-state index is -1.20. The van der Waals surface area contributed by atoms with E-state index in [0.717, 1.165) is 3.79 Å². The highest BCUT2D eigenvalue weighted by atomic mass is 79.9. The molecule has 2 amide bonds. The van der Waals surface area contributed by atoms with Crippen molar-refractivity contribution in [3.8, 4) is 0 Å². The molecule has 0 unspecified atom stereocenters. The van der Waals surface area contributed by atoms with Crippen LogP contribution in [0.2, 0.25) is 0 Å². The van der Waals surface area contributed by atoms with E-state index in [0.29, 0.717) is 9.35 Å². The molecule has 0 spiro atoms. The van der Waals surface area contributed by atoms with Crippen molar-refractivity contribution < 1.29 is 19.5 Å². The number of hydrogen-bond donors (Lipinski definition) is 3. The number of nitrogens with two attached hydrogens (primary N) is 1. The second kappa shape index (κ2) is 7.01. The molecule has 19 heavy (non-hydrogen) atoms. The first-order chi connectivity index (χ1) is 8.81. The summed E-state index contributed by atoms with van der Waals surface area (Å²) >= 11 is 7.65. The molecule has 0 fully saturated rings. The number of amides is 2. The Morgan fingerprint density at radius 3 is 2.47 bits per heavy atom. The summed E-state index contributed by atoms with van der Waals surface area (Å²) in [5.41, 5.74) is 4.95. The van der Waals surface area contributed by atoms with Gasteiger partial charge in [0.05, 0.1) is 8.66 Å². The van der Waals surface area contributed by atoms with Gasteiger partial charge in [-0.05, 0) is 44.3 Å². The molecule has 6 nitrogen and oxygen atoms in total. The summed E-state index contributed by atoms with van der Waals surface area (Å²) in [6, 6.07) is 0.441. The number of carbonyl (C=O) groups excluding carboxylic acids is 2. The molecule has 0 aromatic carbocycles. The molecule has 0 aliphatic heterocycles. The van der Waals surface area contributed by atoms with E-state index < -0.39 is 23.8 Å². The number of carboxylic acid groups (broad SMARTS) is 1. The lowest BCUT2D eigenvalue weighted by Gasteiger charge is -2.12. The van der Waals surface area contributed by atoms with Crippen molar-refractivity contribution in [2.75, 3.05) is 0 Å². The van der Waals surface area contributed by atoms with Gasteiger partial charge in [0.2, 0.25) is 5.91 Å². The van der Waals surface area contributed by atoms with Crippen LogP contribution < -0.4 is 11.1 Å². The molecule has 1 heterocycles. The molecule has 1 aromatic heterocycles. The maximum absolute atomic E-state index is 11.8. The first-order valence-electron chi connectivity index (χ1n) is 5.08. The van der Waals surface area contributed by atoms with Gasteiger partial charge in [-0.15, -0.1) is 11.3 Å². The Labute approximate surface area is 129 Å². The number of aliphatic carboxylic acids is 1. The maximum Gasteiger partial charge on any atom is 0.326 e. The maximum atomic E-state index is 11.8. The van der Waals surface area contributed by atoms with Crippen molar-refractivity contribution in [1.82, 2.24) is 5.32 Å². The molecular formula is C10H10Br2N2O4S. The smallest absolute Gasteiger partial charge is 0.326 e. The second-order valence-corrected chi connectivity index (χ2v) is 6.83. The largest absolute Gasteiger partial charge is 0.480 e. The lowest BCUT2D eigenvalue weighted by molar-refractivity contribution is -0.139. The van der Waals surface area contributed by atoms with Gasteiger partial charge in [-0.3, -0.25) is 9.59 Å². The van der Waals surface area contributed by atoms with Crippen molar-refractivity contribution >= 4 is 61.0 Å². The summed E-state index contributed by atoms with van der Waals surface area (Å²) in [6.07, 6.45) is -0.140. The molecule has 0 saturated heterocycles. The summed E-state index contributed by atoms with van der Waals surface area (Å²) in [5, 5.41) is 11.3. The van der Waals surface area contributed by atoms with Crippen LogP contribution in [0.25, 0.3) is 0 Å². The van der Waals surface area contributed by atoms with Crippen LogP contribution in [-0.4, -0.2) is 28.9 Å². The molecule has 0 aliphatic rings. The van der Waals surface area contributed by atoms with E-state index in [4.69, 9.17) is 10.8 Å². The van der Waals surface area contributed by atoms with Crippen LogP contribution >= 0.6 is 43.2 Å². The SMILES string of the molecule is NC(=O)CC[C@H](NC(=O)c1cc(Br)c(Br)s1)C(=O)O. The van der Waals surface area contributed by atoms with E-state index in [2.05, 4.69) is 37.2 Å². The number of thiophene rings is 1. The van der Waals surface area contributed by atoms with Crippen LogP contribution in [0.5, 0.6) is 0 Å². The first kappa shape index (κ1) is 16.1. The Bertz CT molecular complexity index is 498. The van der Waals surface area contributed by atoms with E-state index in [1.54, 1.807) is 6.07 Å². The zero-order valence-corrected chi connectivity index (χ0v) is 13.5. The Kier molecular flexibility index (Phi) is 5.95. The van der Waals surface area contributed by atoms with Crippen molar-refractivity contribution in [3.63, 3.8) is 0 Å². The van der Waals surface area contributed by atoms with Gasteiger partial charge >= 0.3 is 5.97 Å². The molecule has 4 N–H and O–H groups in total. The zero-order chi connectivity index (χ0) is 14.6. The Morgan fingerprint density at radius 2 is 2.05 bits per heavy atom. The average Bonchev–Trinajstić information content (AvgIpc) is 2.64. The fraction of sp³-hybridized carbons (Fsp3) is 0.300. The van der Waals surface area contributed by atoms with Crippen LogP contribution in [0.4, 0.5) is 0 Å². The summed E-state index contributed by atoms with van der Waals surface area (Å²) < 4.78 is 1.45. The third-order valence-electron chi connectivity index (χ3n) is 2.15. The van der Waals surface area contributed by atoms with Gasteiger partial charge in [0.25, 0.3) is 5.91 Å². The molecule has 9 heteroatoms. The van der Waals surface area contributed by atoms with Gasteiger partial charge in [0.15, 0.2) is 0 Å². The topological polar surface area (TPSA) is 109 Å². The normalized spacial score (nSPS) is 11.9. The lowest BCUT2D eigenvalue weighted by atomic mass is 10.1. The van der Waals surface area contributed by atoms with E-state index >= 15 is 0 Å². The van der Waals surface area contributed by atoms with Crippen LogP contribution in [0, 0.1) is 0 Å². The second-order valence-electron chi connectivity index (χ2n) is 3.60. The Morgan fingerprint density at radius 1 is 1.42 bits per heavy atom. The summed E-state index contributed by atoms with van der Waals surface area (Å²) in [5.74, 6) is -2.32. The monoisotopic (exact) mass is 412 g/mol. The molecule has 0 radical (unpaired) electrons. The molecule has 104 valence electrons.